The number of nitrogens with one attached hydrogen (secondary N) is 1. The maximum Gasteiger partial charge on any atom is 0.416 e. The fourth-order valence-corrected chi connectivity index (χ4v) is 4.13. The molecule has 1 saturated heterocycles. The van der Waals surface area contributed by atoms with Crippen LogP contribution in [0.25, 0.3) is 22.6 Å². The molecule has 2 N–H and O–H groups in total. The second-order valence-electron chi connectivity index (χ2n) is 8.11. The average molecular weight is 443 g/mol. The van der Waals surface area contributed by atoms with Crippen LogP contribution in [0.1, 0.15) is 36.3 Å². The average Bonchev–Trinajstić information content (AvgIpc) is 3.28. The van der Waals surface area contributed by atoms with E-state index in [2.05, 4.69) is 27.0 Å². The SMILES string of the molecule is O=C(O)CCN1CCC(c2ccc(-c3ncc(-c4cccc(C(F)(F)F)c4)[nH]3)cc2)CC1. The molecule has 2 aromatic carbocycles. The summed E-state index contributed by atoms with van der Waals surface area (Å²) in [6.07, 6.45) is -0.698. The van der Waals surface area contributed by atoms with E-state index in [-0.39, 0.29) is 6.42 Å². The minimum Gasteiger partial charge on any atom is -0.481 e. The number of hydrogen-bond acceptors (Lipinski definition) is 3. The number of benzene rings is 2. The number of carbonyl (C=O) groups is 1. The predicted molar refractivity (Wildman–Crippen MR) is 115 cm³/mol. The van der Waals surface area contributed by atoms with Gasteiger partial charge in [-0.05, 0) is 49.5 Å². The van der Waals surface area contributed by atoms with E-state index in [0.717, 1.165) is 43.6 Å². The van der Waals surface area contributed by atoms with Crippen LogP contribution in [0.2, 0.25) is 0 Å². The molecular weight excluding hydrogens is 419 g/mol. The highest BCUT2D eigenvalue weighted by atomic mass is 19.4. The largest absolute Gasteiger partial charge is 0.481 e. The number of H-pyrrole nitrogens is 1. The van der Waals surface area contributed by atoms with Crippen LogP contribution in [-0.2, 0) is 11.0 Å². The molecule has 168 valence electrons. The highest BCUT2D eigenvalue weighted by Gasteiger charge is 2.30. The number of alkyl halides is 3. The first-order valence-electron chi connectivity index (χ1n) is 10.6. The van der Waals surface area contributed by atoms with Gasteiger partial charge in [0.15, 0.2) is 0 Å². The van der Waals surface area contributed by atoms with Crippen molar-refractivity contribution in [1.82, 2.24) is 14.9 Å². The third-order valence-electron chi connectivity index (χ3n) is 5.96. The molecule has 0 amide bonds. The molecule has 1 aliphatic heterocycles. The van der Waals surface area contributed by atoms with Gasteiger partial charge in [0.2, 0.25) is 0 Å². The number of rotatable bonds is 6. The Balaban J connectivity index is 1.41. The molecule has 0 saturated carbocycles. The maximum absolute atomic E-state index is 13.0. The zero-order valence-electron chi connectivity index (χ0n) is 17.4. The van der Waals surface area contributed by atoms with Gasteiger partial charge in [0.1, 0.15) is 5.82 Å². The summed E-state index contributed by atoms with van der Waals surface area (Å²) in [6.45, 7) is 2.37. The summed E-state index contributed by atoms with van der Waals surface area (Å²) in [5.41, 5.74) is 2.38. The fourth-order valence-electron chi connectivity index (χ4n) is 4.13. The van der Waals surface area contributed by atoms with Gasteiger partial charge in [0.05, 0.1) is 23.9 Å². The zero-order valence-corrected chi connectivity index (χ0v) is 17.4. The van der Waals surface area contributed by atoms with E-state index in [1.54, 1.807) is 12.3 Å². The molecule has 3 aromatic rings. The lowest BCUT2D eigenvalue weighted by Gasteiger charge is -2.31. The van der Waals surface area contributed by atoms with Gasteiger partial charge in [0, 0.05) is 17.7 Å². The topological polar surface area (TPSA) is 69.2 Å². The van der Waals surface area contributed by atoms with Gasteiger partial charge in [0.25, 0.3) is 0 Å². The Labute approximate surface area is 183 Å². The molecule has 1 fully saturated rings. The Morgan fingerprint density at radius 1 is 1.09 bits per heavy atom. The number of likely N-dealkylation sites (tertiary alicyclic amines) is 1. The fraction of sp³-hybridized carbons (Fsp3) is 0.333. The van der Waals surface area contributed by atoms with Crippen LogP contribution in [0.5, 0.6) is 0 Å². The standard InChI is InChI=1S/C24H24F3N3O2/c25-24(26,27)20-3-1-2-19(14-20)21-15-28-23(29-21)18-6-4-16(5-7-18)17-8-11-30(12-9-17)13-10-22(31)32/h1-7,14-15,17H,8-13H2,(H,28,29)(H,31,32). The lowest BCUT2D eigenvalue weighted by atomic mass is 9.89. The molecule has 5 nitrogen and oxygen atoms in total. The highest BCUT2D eigenvalue weighted by Crippen LogP contribution is 2.33. The van der Waals surface area contributed by atoms with E-state index in [0.29, 0.717) is 29.5 Å². The molecule has 0 unspecified atom stereocenters. The Kier molecular flexibility index (Phi) is 6.32. The Hall–Kier alpha value is -3.13. The molecule has 8 heteroatoms. The van der Waals surface area contributed by atoms with Gasteiger partial charge < -0.3 is 15.0 Å². The summed E-state index contributed by atoms with van der Waals surface area (Å²) in [4.78, 5) is 20.4. The number of aromatic amines is 1. The number of aromatic nitrogens is 2. The molecule has 1 aliphatic rings. The molecule has 0 radical (unpaired) electrons. The minimum absolute atomic E-state index is 0.172. The van der Waals surface area contributed by atoms with Crippen LogP contribution in [-0.4, -0.2) is 45.6 Å². The third kappa shape index (κ3) is 5.19. The van der Waals surface area contributed by atoms with Gasteiger partial charge in [-0.1, -0.05) is 36.4 Å². The number of halogens is 3. The molecule has 0 aliphatic carbocycles. The summed E-state index contributed by atoms with van der Waals surface area (Å²) in [5, 5.41) is 8.83. The highest BCUT2D eigenvalue weighted by molar-refractivity contribution is 5.67. The van der Waals surface area contributed by atoms with Crippen molar-refractivity contribution in [2.75, 3.05) is 19.6 Å². The van der Waals surface area contributed by atoms with Crippen LogP contribution in [0.4, 0.5) is 13.2 Å². The third-order valence-corrected chi connectivity index (χ3v) is 5.96. The molecule has 2 heterocycles. The first-order valence-corrected chi connectivity index (χ1v) is 10.6. The van der Waals surface area contributed by atoms with Crippen molar-refractivity contribution in [3.8, 4) is 22.6 Å². The van der Waals surface area contributed by atoms with Crippen molar-refractivity contribution in [1.29, 1.82) is 0 Å². The van der Waals surface area contributed by atoms with Crippen molar-refractivity contribution in [3.63, 3.8) is 0 Å². The quantitative estimate of drug-likeness (QED) is 0.534. The van der Waals surface area contributed by atoms with Gasteiger partial charge in [-0.15, -0.1) is 0 Å². The first kappa shape index (κ1) is 22.1. The number of hydrogen-bond donors (Lipinski definition) is 2. The molecule has 0 bridgehead atoms. The van der Waals surface area contributed by atoms with Crippen molar-refractivity contribution in [3.05, 3.63) is 65.9 Å². The second-order valence-corrected chi connectivity index (χ2v) is 8.11. The van der Waals surface area contributed by atoms with Crippen LogP contribution >= 0.6 is 0 Å². The number of piperidine rings is 1. The Bertz CT molecular complexity index is 1070. The molecule has 32 heavy (non-hydrogen) atoms. The second kappa shape index (κ2) is 9.16. The number of imidazole rings is 1. The number of carboxylic acid groups (broad SMARTS) is 1. The van der Waals surface area contributed by atoms with Gasteiger partial charge in [-0.3, -0.25) is 4.79 Å². The van der Waals surface area contributed by atoms with Crippen molar-refractivity contribution >= 4 is 5.97 Å². The summed E-state index contributed by atoms with van der Waals surface area (Å²) in [6, 6.07) is 13.3. The maximum atomic E-state index is 13.0. The van der Waals surface area contributed by atoms with Crippen LogP contribution < -0.4 is 0 Å². The van der Waals surface area contributed by atoms with E-state index in [1.807, 2.05) is 12.1 Å². The van der Waals surface area contributed by atoms with E-state index in [4.69, 9.17) is 5.11 Å². The van der Waals surface area contributed by atoms with Crippen molar-refractivity contribution < 1.29 is 23.1 Å². The molecular formula is C24H24F3N3O2. The summed E-state index contributed by atoms with van der Waals surface area (Å²) in [5.74, 6) is 0.270. The zero-order chi connectivity index (χ0) is 22.7. The lowest BCUT2D eigenvalue weighted by Crippen LogP contribution is -2.34. The molecule has 1 aromatic heterocycles. The minimum atomic E-state index is -4.39. The van der Waals surface area contributed by atoms with E-state index < -0.39 is 17.7 Å². The monoisotopic (exact) mass is 443 g/mol. The van der Waals surface area contributed by atoms with Crippen molar-refractivity contribution in [2.45, 2.75) is 31.4 Å². The first-order chi connectivity index (χ1) is 15.3. The molecule has 0 spiro atoms. The van der Waals surface area contributed by atoms with Gasteiger partial charge >= 0.3 is 12.1 Å². The van der Waals surface area contributed by atoms with Crippen LogP contribution in [0.3, 0.4) is 0 Å². The summed E-state index contributed by atoms with van der Waals surface area (Å²) in [7, 11) is 0. The molecule has 0 atom stereocenters. The van der Waals surface area contributed by atoms with E-state index in [1.165, 1.54) is 11.6 Å². The van der Waals surface area contributed by atoms with Crippen molar-refractivity contribution in [2.24, 2.45) is 0 Å². The van der Waals surface area contributed by atoms with E-state index in [9.17, 15) is 18.0 Å². The number of carboxylic acids is 1. The summed E-state index contributed by atoms with van der Waals surface area (Å²) >= 11 is 0. The van der Waals surface area contributed by atoms with Crippen LogP contribution in [0.15, 0.2) is 54.7 Å². The summed E-state index contributed by atoms with van der Waals surface area (Å²) < 4.78 is 39.0. The van der Waals surface area contributed by atoms with E-state index >= 15 is 0 Å². The molecule has 4 rings (SSSR count). The smallest absolute Gasteiger partial charge is 0.416 e. The van der Waals surface area contributed by atoms with Crippen LogP contribution in [0, 0.1) is 0 Å². The lowest BCUT2D eigenvalue weighted by molar-refractivity contribution is -0.138. The normalized spacial score (nSPS) is 15.7. The van der Waals surface area contributed by atoms with Gasteiger partial charge in [-0.2, -0.15) is 13.2 Å². The Morgan fingerprint density at radius 2 is 1.81 bits per heavy atom. The van der Waals surface area contributed by atoms with Gasteiger partial charge in [-0.25, -0.2) is 4.98 Å². The Morgan fingerprint density at radius 3 is 2.47 bits per heavy atom. The number of aliphatic carboxylic acids is 1. The predicted octanol–water partition coefficient (Wildman–Crippen LogP) is 5.42. The number of nitrogens with zero attached hydrogens (tertiary/aromatic N) is 2.